The number of rotatable bonds is 4. The predicted octanol–water partition coefficient (Wildman–Crippen LogP) is 3.14. The maximum absolute atomic E-state index is 12.7. The Morgan fingerprint density at radius 1 is 1.33 bits per heavy atom. The second kappa shape index (κ2) is 7.25. The molecule has 1 aromatic rings. The van der Waals surface area contributed by atoms with Crippen molar-refractivity contribution in [3.05, 3.63) is 52.9 Å². The summed E-state index contributed by atoms with van der Waals surface area (Å²) >= 11 is 0. The van der Waals surface area contributed by atoms with Gasteiger partial charge in [-0.2, -0.15) is 8.78 Å². The Balaban J connectivity index is 2.69. The van der Waals surface area contributed by atoms with Crippen LogP contribution in [-0.2, 0) is 9.53 Å². The van der Waals surface area contributed by atoms with Gasteiger partial charge in [-0.3, -0.25) is 4.99 Å². The lowest BCUT2D eigenvalue weighted by atomic mass is 9.80. The first-order chi connectivity index (χ1) is 11.4. The summed E-state index contributed by atoms with van der Waals surface area (Å²) in [5.74, 6) is -1.32. The molecule has 1 aliphatic heterocycles. The van der Waals surface area contributed by atoms with Crippen molar-refractivity contribution in [2.45, 2.75) is 26.4 Å². The molecule has 2 N–H and O–H groups in total. The van der Waals surface area contributed by atoms with Crippen LogP contribution in [0.15, 0.2) is 52.3 Å². The van der Waals surface area contributed by atoms with E-state index in [4.69, 9.17) is 10.5 Å². The Bertz CT molecular complexity index is 739. The Morgan fingerprint density at radius 2 is 2.00 bits per heavy atom. The van der Waals surface area contributed by atoms with Crippen LogP contribution in [0.5, 0.6) is 5.75 Å². The van der Waals surface area contributed by atoms with Crippen molar-refractivity contribution in [3.63, 3.8) is 0 Å². The highest BCUT2D eigenvalue weighted by Gasteiger charge is 2.35. The molecule has 0 aliphatic carbocycles. The molecule has 1 aromatic carbocycles. The van der Waals surface area contributed by atoms with Crippen LogP contribution in [0, 0.1) is 0 Å². The summed E-state index contributed by atoms with van der Waals surface area (Å²) in [7, 11) is 1.25. The molecule has 2 rings (SSSR count). The van der Waals surface area contributed by atoms with Crippen LogP contribution in [0.4, 0.5) is 8.78 Å². The molecule has 0 spiro atoms. The maximum atomic E-state index is 12.7. The minimum Gasteiger partial charge on any atom is -0.466 e. The average Bonchev–Trinajstić information content (AvgIpc) is 2.53. The average molecular weight is 336 g/mol. The van der Waals surface area contributed by atoms with Crippen molar-refractivity contribution in [1.29, 1.82) is 0 Å². The molecule has 1 atom stereocenters. The first-order valence-electron chi connectivity index (χ1n) is 7.21. The summed E-state index contributed by atoms with van der Waals surface area (Å²) < 4.78 is 34.9. The molecule has 7 heteroatoms. The van der Waals surface area contributed by atoms with E-state index in [0.29, 0.717) is 22.5 Å². The van der Waals surface area contributed by atoms with E-state index in [9.17, 15) is 13.6 Å². The van der Waals surface area contributed by atoms with Crippen molar-refractivity contribution in [2.24, 2.45) is 10.7 Å². The minimum atomic E-state index is -2.98. The SMILES string of the molecule is COC(=O)C1=C(C)N=C(C)C(=CN)C1c1ccccc1OC(F)F. The van der Waals surface area contributed by atoms with Crippen molar-refractivity contribution >= 4 is 11.7 Å². The number of aliphatic imine (C=N–C) groups is 1. The van der Waals surface area contributed by atoms with Gasteiger partial charge in [0.25, 0.3) is 0 Å². The van der Waals surface area contributed by atoms with Crippen molar-refractivity contribution in [2.75, 3.05) is 7.11 Å². The molecule has 1 heterocycles. The number of nitrogens with zero attached hydrogens (tertiary/aromatic N) is 1. The summed E-state index contributed by atoms with van der Waals surface area (Å²) in [6.07, 6.45) is 1.32. The van der Waals surface area contributed by atoms with Crippen LogP contribution in [0.2, 0.25) is 0 Å². The normalized spacial score (nSPS) is 19.5. The topological polar surface area (TPSA) is 73.9 Å². The molecule has 0 saturated carbocycles. The quantitative estimate of drug-likeness (QED) is 0.857. The monoisotopic (exact) mass is 336 g/mol. The van der Waals surface area contributed by atoms with E-state index in [-0.39, 0.29) is 11.3 Å². The largest absolute Gasteiger partial charge is 0.466 e. The number of hydrogen-bond acceptors (Lipinski definition) is 5. The van der Waals surface area contributed by atoms with Crippen LogP contribution in [-0.4, -0.2) is 25.4 Å². The van der Waals surface area contributed by atoms with Gasteiger partial charge in [0, 0.05) is 28.5 Å². The van der Waals surface area contributed by atoms with Gasteiger partial charge in [0.1, 0.15) is 5.75 Å². The first-order valence-corrected chi connectivity index (χ1v) is 7.21. The lowest BCUT2D eigenvalue weighted by molar-refractivity contribution is -0.136. The number of ether oxygens (including phenoxy) is 2. The van der Waals surface area contributed by atoms with E-state index in [1.165, 1.54) is 19.4 Å². The molecule has 0 saturated heterocycles. The van der Waals surface area contributed by atoms with Crippen molar-refractivity contribution < 1.29 is 23.0 Å². The summed E-state index contributed by atoms with van der Waals surface area (Å²) in [6.45, 7) is 0.411. The van der Waals surface area contributed by atoms with Crippen LogP contribution in [0.1, 0.15) is 25.3 Å². The smallest absolute Gasteiger partial charge is 0.387 e. The molecule has 24 heavy (non-hydrogen) atoms. The van der Waals surface area contributed by atoms with Gasteiger partial charge in [0.05, 0.1) is 12.7 Å². The minimum absolute atomic E-state index is 0.0271. The third-order valence-corrected chi connectivity index (χ3v) is 3.77. The van der Waals surface area contributed by atoms with Crippen molar-refractivity contribution in [3.8, 4) is 5.75 Å². The van der Waals surface area contributed by atoms with Crippen LogP contribution < -0.4 is 10.5 Å². The second-order valence-corrected chi connectivity index (χ2v) is 5.16. The zero-order chi connectivity index (χ0) is 17.9. The molecule has 0 aromatic heterocycles. The Morgan fingerprint density at radius 3 is 2.58 bits per heavy atom. The third-order valence-electron chi connectivity index (χ3n) is 3.77. The van der Waals surface area contributed by atoms with Gasteiger partial charge in [-0.15, -0.1) is 0 Å². The number of hydrogen-bond donors (Lipinski definition) is 1. The van der Waals surface area contributed by atoms with Gasteiger partial charge in [0.15, 0.2) is 0 Å². The van der Waals surface area contributed by atoms with Gasteiger partial charge in [-0.25, -0.2) is 4.79 Å². The van der Waals surface area contributed by atoms with Gasteiger partial charge in [-0.1, -0.05) is 18.2 Å². The molecule has 0 radical (unpaired) electrons. The Kier molecular flexibility index (Phi) is 5.33. The number of carbonyl (C=O) groups excluding carboxylic acids is 1. The predicted molar refractivity (Wildman–Crippen MR) is 85.9 cm³/mol. The fourth-order valence-corrected chi connectivity index (χ4v) is 2.79. The number of alkyl halides is 2. The third kappa shape index (κ3) is 3.29. The Hall–Kier alpha value is -2.70. The standard InChI is InChI=1S/C17H18F2N2O3/c1-9-12(8-20)15(14(10(2)21-9)16(22)23-3)11-6-4-5-7-13(11)24-17(18)19/h4-8,15,17H,20H2,1-3H3. The van der Waals surface area contributed by atoms with Gasteiger partial charge in [-0.05, 0) is 26.1 Å². The summed E-state index contributed by atoms with van der Waals surface area (Å²) in [4.78, 5) is 16.6. The highest BCUT2D eigenvalue weighted by molar-refractivity contribution is 6.06. The van der Waals surface area contributed by atoms with Gasteiger partial charge >= 0.3 is 12.6 Å². The fourth-order valence-electron chi connectivity index (χ4n) is 2.79. The number of methoxy groups -OCH3 is 1. The number of para-hydroxylation sites is 1. The van der Waals surface area contributed by atoms with E-state index in [1.807, 2.05) is 0 Å². The van der Waals surface area contributed by atoms with Crippen LogP contribution in [0.25, 0.3) is 0 Å². The van der Waals surface area contributed by atoms with Gasteiger partial charge in [0.2, 0.25) is 0 Å². The molecular weight excluding hydrogens is 318 g/mol. The molecule has 1 unspecified atom stereocenters. The van der Waals surface area contributed by atoms with E-state index in [2.05, 4.69) is 9.73 Å². The Labute approximate surface area is 138 Å². The van der Waals surface area contributed by atoms with E-state index >= 15 is 0 Å². The zero-order valence-corrected chi connectivity index (χ0v) is 13.5. The molecular formula is C17H18F2N2O3. The molecule has 0 fully saturated rings. The first kappa shape index (κ1) is 17.7. The molecule has 5 nitrogen and oxygen atoms in total. The highest BCUT2D eigenvalue weighted by atomic mass is 19.3. The van der Waals surface area contributed by atoms with E-state index in [0.717, 1.165) is 0 Å². The molecule has 128 valence electrons. The summed E-state index contributed by atoms with van der Waals surface area (Å²) in [6, 6.07) is 6.28. The summed E-state index contributed by atoms with van der Waals surface area (Å²) in [5, 5.41) is 0. The lowest BCUT2D eigenvalue weighted by Gasteiger charge is -2.28. The molecule has 0 bridgehead atoms. The number of esters is 1. The van der Waals surface area contributed by atoms with Crippen LogP contribution >= 0.6 is 0 Å². The van der Waals surface area contributed by atoms with E-state index in [1.54, 1.807) is 32.0 Å². The number of benzene rings is 1. The summed E-state index contributed by atoms with van der Waals surface area (Å²) in [5.41, 5.74) is 7.92. The molecule has 0 amide bonds. The number of halogens is 2. The van der Waals surface area contributed by atoms with Crippen LogP contribution in [0.3, 0.4) is 0 Å². The maximum Gasteiger partial charge on any atom is 0.387 e. The van der Waals surface area contributed by atoms with E-state index < -0.39 is 18.5 Å². The second-order valence-electron chi connectivity index (χ2n) is 5.16. The number of nitrogens with two attached hydrogens (primary N) is 1. The highest BCUT2D eigenvalue weighted by Crippen LogP contribution is 2.42. The van der Waals surface area contributed by atoms with Gasteiger partial charge < -0.3 is 15.2 Å². The lowest BCUT2D eigenvalue weighted by Crippen LogP contribution is -2.25. The number of allylic oxidation sites excluding steroid dienone is 2. The fraction of sp³-hybridized carbons (Fsp3) is 0.294. The number of carbonyl (C=O) groups is 1. The molecule has 1 aliphatic rings. The van der Waals surface area contributed by atoms with Crippen molar-refractivity contribution in [1.82, 2.24) is 0 Å². The zero-order valence-electron chi connectivity index (χ0n) is 13.5.